The minimum Gasteiger partial charge on any atom is -0.466 e. The Kier molecular flexibility index (Phi) is 5.92. The van der Waals surface area contributed by atoms with Gasteiger partial charge >= 0.3 is 11.9 Å². The molecule has 1 aromatic carbocycles. The molecular formula is C18H22O7. The van der Waals surface area contributed by atoms with E-state index < -0.39 is 29.9 Å². The highest BCUT2D eigenvalue weighted by atomic mass is 16.7. The van der Waals surface area contributed by atoms with Crippen LogP contribution in [0.25, 0.3) is 0 Å². The second-order valence-electron chi connectivity index (χ2n) is 5.95. The zero-order valence-electron chi connectivity index (χ0n) is 14.7. The Morgan fingerprint density at radius 2 is 1.84 bits per heavy atom. The van der Waals surface area contributed by atoms with E-state index in [0.717, 1.165) is 7.11 Å². The average Bonchev–Trinajstić information content (AvgIpc) is 2.63. The van der Waals surface area contributed by atoms with Gasteiger partial charge < -0.3 is 18.9 Å². The summed E-state index contributed by atoms with van der Waals surface area (Å²) in [7, 11) is 2.45. The zero-order chi connectivity index (χ0) is 18.6. The first kappa shape index (κ1) is 19.1. The summed E-state index contributed by atoms with van der Waals surface area (Å²) in [5.41, 5.74) is 0.256. The van der Waals surface area contributed by atoms with Crippen molar-refractivity contribution >= 4 is 17.7 Å². The normalized spacial score (nSPS) is 27.4. The average molecular weight is 350 g/mol. The number of carbonyl (C=O) groups is 3. The van der Waals surface area contributed by atoms with E-state index >= 15 is 0 Å². The molecule has 0 bridgehead atoms. The predicted octanol–water partition coefficient (Wildman–Crippen LogP) is 1.74. The first-order valence-electron chi connectivity index (χ1n) is 7.94. The molecule has 0 radical (unpaired) electrons. The second-order valence-corrected chi connectivity index (χ2v) is 5.95. The lowest BCUT2D eigenvalue weighted by molar-refractivity contribution is -0.300. The Labute approximate surface area is 146 Å². The number of ether oxygens (including phenoxy) is 4. The Balaban J connectivity index is 2.33. The van der Waals surface area contributed by atoms with Crippen molar-refractivity contribution in [3.05, 3.63) is 35.9 Å². The van der Waals surface area contributed by atoms with E-state index in [1.165, 1.54) is 7.11 Å². The van der Waals surface area contributed by atoms with Crippen molar-refractivity contribution < 1.29 is 33.3 Å². The highest BCUT2D eigenvalue weighted by Crippen LogP contribution is 2.35. The van der Waals surface area contributed by atoms with Crippen LogP contribution in [0.3, 0.4) is 0 Å². The molecule has 0 aliphatic carbocycles. The standard InChI is InChI=1S/C18H22O7/c1-11-12(2)25-18(23-4,10-14(11)19)15(17(21)22-3)24-16(20)13-8-6-5-7-9-13/h5-9,11-12,15H,10H2,1-4H3/t11-,12+,15+,18+/m0/s1. The summed E-state index contributed by atoms with van der Waals surface area (Å²) in [6.45, 7) is 3.43. The first-order valence-corrected chi connectivity index (χ1v) is 7.94. The molecule has 1 fully saturated rings. The lowest BCUT2D eigenvalue weighted by Gasteiger charge is -2.43. The van der Waals surface area contributed by atoms with E-state index in [4.69, 9.17) is 18.9 Å². The number of benzene rings is 1. The number of carbonyl (C=O) groups excluding carboxylic acids is 3. The van der Waals surface area contributed by atoms with Gasteiger partial charge in [0.2, 0.25) is 5.79 Å². The molecule has 1 saturated heterocycles. The van der Waals surface area contributed by atoms with Crippen molar-refractivity contribution in [2.75, 3.05) is 14.2 Å². The maximum atomic E-state index is 12.4. The summed E-state index contributed by atoms with van der Waals surface area (Å²) in [4.78, 5) is 36.9. The van der Waals surface area contributed by atoms with Gasteiger partial charge in [0, 0.05) is 13.0 Å². The van der Waals surface area contributed by atoms with Crippen molar-refractivity contribution in [3.8, 4) is 0 Å². The highest BCUT2D eigenvalue weighted by Gasteiger charge is 2.55. The number of methoxy groups -OCH3 is 2. The van der Waals surface area contributed by atoms with E-state index in [1.54, 1.807) is 44.2 Å². The van der Waals surface area contributed by atoms with Crippen molar-refractivity contribution in [2.45, 2.75) is 38.3 Å². The summed E-state index contributed by atoms with van der Waals surface area (Å²) in [6.07, 6.45) is -2.27. The van der Waals surface area contributed by atoms with Crippen LogP contribution in [0.15, 0.2) is 30.3 Å². The molecule has 0 N–H and O–H groups in total. The van der Waals surface area contributed by atoms with Crippen LogP contribution in [-0.2, 0) is 28.5 Å². The number of hydrogen-bond acceptors (Lipinski definition) is 7. The Morgan fingerprint density at radius 1 is 1.20 bits per heavy atom. The largest absolute Gasteiger partial charge is 0.466 e. The molecule has 1 heterocycles. The fourth-order valence-electron chi connectivity index (χ4n) is 2.68. The third-order valence-electron chi connectivity index (χ3n) is 4.41. The quantitative estimate of drug-likeness (QED) is 0.747. The van der Waals surface area contributed by atoms with Gasteiger partial charge in [-0.15, -0.1) is 0 Å². The van der Waals surface area contributed by atoms with Gasteiger partial charge in [0.25, 0.3) is 6.10 Å². The molecule has 1 aliphatic heterocycles. The maximum absolute atomic E-state index is 12.4. The fourth-order valence-corrected chi connectivity index (χ4v) is 2.68. The van der Waals surface area contributed by atoms with Crippen molar-refractivity contribution in [3.63, 3.8) is 0 Å². The second kappa shape index (κ2) is 7.76. The van der Waals surface area contributed by atoms with Crippen LogP contribution in [0.1, 0.15) is 30.6 Å². The topological polar surface area (TPSA) is 88.1 Å². The Morgan fingerprint density at radius 3 is 2.36 bits per heavy atom. The van der Waals surface area contributed by atoms with Gasteiger partial charge in [0.05, 0.1) is 25.2 Å². The summed E-state index contributed by atoms with van der Waals surface area (Å²) in [5, 5.41) is 0. The van der Waals surface area contributed by atoms with Gasteiger partial charge in [-0.3, -0.25) is 4.79 Å². The van der Waals surface area contributed by atoms with E-state index in [9.17, 15) is 14.4 Å². The molecule has 1 aromatic rings. The molecule has 1 aliphatic rings. The van der Waals surface area contributed by atoms with Gasteiger partial charge in [-0.05, 0) is 19.1 Å². The monoisotopic (exact) mass is 350 g/mol. The van der Waals surface area contributed by atoms with E-state index in [1.807, 2.05) is 0 Å². The molecule has 136 valence electrons. The Bertz CT molecular complexity index is 642. The fraction of sp³-hybridized carbons (Fsp3) is 0.500. The van der Waals surface area contributed by atoms with Gasteiger partial charge in [-0.2, -0.15) is 0 Å². The Hall–Kier alpha value is -2.25. The third kappa shape index (κ3) is 3.88. The van der Waals surface area contributed by atoms with Gasteiger partial charge in [-0.1, -0.05) is 25.1 Å². The molecule has 7 heteroatoms. The van der Waals surface area contributed by atoms with Crippen LogP contribution < -0.4 is 0 Å². The number of rotatable bonds is 5. The van der Waals surface area contributed by atoms with E-state index in [-0.39, 0.29) is 23.7 Å². The molecule has 0 amide bonds. The predicted molar refractivity (Wildman–Crippen MR) is 86.7 cm³/mol. The summed E-state index contributed by atoms with van der Waals surface area (Å²) in [5.74, 6) is -3.83. The van der Waals surface area contributed by atoms with Gasteiger partial charge in [0.15, 0.2) is 0 Å². The van der Waals surface area contributed by atoms with Crippen LogP contribution in [-0.4, -0.2) is 49.9 Å². The smallest absolute Gasteiger partial charge is 0.352 e. The lowest BCUT2D eigenvalue weighted by atomic mass is 9.88. The van der Waals surface area contributed by atoms with Crippen LogP contribution in [0.2, 0.25) is 0 Å². The van der Waals surface area contributed by atoms with Crippen LogP contribution in [0, 0.1) is 5.92 Å². The molecule has 25 heavy (non-hydrogen) atoms. The summed E-state index contributed by atoms with van der Waals surface area (Å²) < 4.78 is 21.3. The van der Waals surface area contributed by atoms with Crippen LogP contribution in [0.5, 0.6) is 0 Å². The van der Waals surface area contributed by atoms with Crippen molar-refractivity contribution in [2.24, 2.45) is 5.92 Å². The number of ketones is 1. The molecule has 0 spiro atoms. The molecule has 0 saturated carbocycles. The summed E-state index contributed by atoms with van der Waals surface area (Å²) >= 11 is 0. The minimum atomic E-state index is -1.72. The lowest BCUT2D eigenvalue weighted by Crippen LogP contribution is -2.60. The van der Waals surface area contributed by atoms with E-state index in [0.29, 0.717) is 0 Å². The first-order chi connectivity index (χ1) is 11.8. The number of Topliss-reactive ketones (excluding diaryl/α,β-unsaturated/α-hetero) is 1. The van der Waals surface area contributed by atoms with Crippen LogP contribution >= 0.6 is 0 Å². The molecule has 4 atom stereocenters. The van der Waals surface area contributed by atoms with Gasteiger partial charge in [0.1, 0.15) is 5.78 Å². The summed E-state index contributed by atoms with van der Waals surface area (Å²) in [6, 6.07) is 8.18. The molecule has 0 unspecified atom stereocenters. The minimum absolute atomic E-state index is 0.148. The molecule has 2 rings (SSSR count). The molecule has 7 nitrogen and oxygen atoms in total. The SMILES string of the molecule is COC(=O)[C@@H](OC(=O)c1ccccc1)[C@@]1(OC)CC(=O)[C@@H](C)[C@@H](C)O1. The van der Waals surface area contributed by atoms with E-state index in [2.05, 4.69) is 0 Å². The van der Waals surface area contributed by atoms with Crippen LogP contribution in [0.4, 0.5) is 0 Å². The number of esters is 2. The zero-order valence-corrected chi connectivity index (χ0v) is 14.7. The van der Waals surface area contributed by atoms with Crippen molar-refractivity contribution in [1.29, 1.82) is 0 Å². The molecular weight excluding hydrogens is 328 g/mol. The molecule has 0 aromatic heterocycles. The van der Waals surface area contributed by atoms with Gasteiger partial charge in [-0.25, -0.2) is 9.59 Å². The number of hydrogen-bond donors (Lipinski definition) is 0. The van der Waals surface area contributed by atoms with Crippen molar-refractivity contribution in [1.82, 2.24) is 0 Å². The highest BCUT2D eigenvalue weighted by molar-refractivity contribution is 5.92. The third-order valence-corrected chi connectivity index (χ3v) is 4.41. The maximum Gasteiger partial charge on any atom is 0.352 e.